The summed E-state index contributed by atoms with van der Waals surface area (Å²) in [5, 5.41) is 10.0. The minimum Gasteiger partial charge on any atom is -0.491 e. The number of benzene rings is 1. The lowest BCUT2D eigenvalue weighted by molar-refractivity contribution is 0.123. The van der Waals surface area contributed by atoms with E-state index in [2.05, 4.69) is 11.8 Å². The maximum absolute atomic E-state index is 9.36. The first kappa shape index (κ1) is 13.7. The molecule has 100 valence electrons. The van der Waals surface area contributed by atoms with Gasteiger partial charge >= 0.3 is 0 Å². The normalized spacial score (nSPS) is 24.4. The molecule has 1 aromatic carbocycles. The van der Waals surface area contributed by atoms with E-state index in [9.17, 15) is 5.11 Å². The van der Waals surface area contributed by atoms with Crippen LogP contribution in [-0.4, -0.2) is 42.4 Å². The Morgan fingerprint density at radius 1 is 1.44 bits per heavy atom. The van der Waals surface area contributed by atoms with E-state index in [0.717, 1.165) is 25.3 Å². The number of aliphatic hydroxyl groups excluding tert-OH is 1. The highest BCUT2D eigenvalue weighted by atomic mass is 35.5. The molecule has 2 rings (SSSR count). The molecule has 0 radical (unpaired) electrons. The topological polar surface area (TPSA) is 32.7 Å². The highest BCUT2D eigenvalue weighted by Crippen LogP contribution is 2.25. The molecule has 4 heteroatoms. The summed E-state index contributed by atoms with van der Waals surface area (Å²) >= 11 is 6.02. The summed E-state index contributed by atoms with van der Waals surface area (Å²) in [6, 6.07) is 7.78. The molecule has 0 aromatic heterocycles. The molecule has 1 aromatic rings. The van der Waals surface area contributed by atoms with Gasteiger partial charge in [0.2, 0.25) is 0 Å². The predicted octanol–water partition coefficient (Wildman–Crippen LogP) is 2.42. The second-order valence-corrected chi connectivity index (χ2v) is 5.24. The number of hydrogen-bond acceptors (Lipinski definition) is 3. The van der Waals surface area contributed by atoms with Gasteiger partial charge < -0.3 is 9.84 Å². The van der Waals surface area contributed by atoms with Crippen molar-refractivity contribution < 1.29 is 9.84 Å². The van der Waals surface area contributed by atoms with Crippen molar-refractivity contribution in [2.75, 3.05) is 26.3 Å². The Bertz CT molecular complexity index is 386. The van der Waals surface area contributed by atoms with Gasteiger partial charge in [-0.25, -0.2) is 0 Å². The third kappa shape index (κ3) is 3.16. The number of halogens is 1. The number of ether oxygens (including phenoxy) is 1. The maximum Gasteiger partial charge on any atom is 0.137 e. The van der Waals surface area contributed by atoms with E-state index < -0.39 is 0 Å². The molecule has 0 bridgehead atoms. The van der Waals surface area contributed by atoms with E-state index in [1.165, 1.54) is 0 Å². The summed E-state index contributed by atoms with van der Waals surface area (Å²) < 4.78 is 5.67. The molecule has 0 saturated carbocycles. The van der Waals surface area contributed by atoms with Crippen LogP contribution in [0.2, 0.25) is 5.02 Å². The van der Waals surface area contributed by atoms with Crippen molar-refractivity contribution in [3.63, 3.8) is 0 Å². The van der Waals surface area contributed by atoms with Gasteiger partial charge in [0.05, 0.1) is 11.6 Å². The second kappa shape index (κ2) is 6.41. The second-order valence-electron chi connectivity index (χ2n) is 4.83. The first-order valence-corrected chi connectivity index (χ1v) is 6.82. The van der Waals surface area contributed by atoms with E-state index in [0.29, 0.717) is 17.5 Å². The van der Waals surface area contributed by atoms with E-state index in [4.69, 9.17) is 16.3 Å². The van der Waals surface area contributed by atoms with Crippen molar-refractivity contribution in [3.05, 3.63) is 29.3 Å². The van der Waals surface area contributed by atoms with Gasteiger partial charge in [-0.3, -0.25) is 4.90 Å². The molecule has 1 heterocycles. The van der Waals surface area contributed by atoms with Gasteiger partial charge in [0.25, 0.3) is 0 Å². The van der Waals surface area contributed by atoms with Crippen molar-refractivity contribution in [2.24, 2.45) is 5.92 Å². The molecule has 0 aliphatic carbocycles. The fraction of sp³-hybridized carbons (Fsp3) is 0.571. The third-order valence-corrected chi connectivity index (χ3v) is 3.97. The molecular weight excluding hydrogens is 250 g/mol. The molecule has 1 aliphatic rings. The Kier molecular flexibility index (Phi) is 4.87. The van der Waals surface area contributed by atoms with Gasteiger partial charge in [-0.15, -0.1) is 0 Å². The van der Waals surface area contributed by atoms with Crippen LogP contribution in [0.15, 0.2) is 24.3 Å². The number of rotatable bonds is 5. The Morgan fingerprint density at radius 3 is 2.94 bits per heavy atom. The minimum absolute atomic E-state index is 0.229. The van der Waals surface area contributed by atoms with Crippen molar-refractivity contribution in [2.45, 2.75) is 19.4 Å². The summed E-state index contributed by atoms with van der Waals surface area (Å²) in [5.41, 5.74) is 0. The lowest BCUT2D eigenvalue weighted by atomic mass is 10.0. The molecule has 3 nitrogen and oxygen atoms in total. The molecule has 0 amide bonds. The molecule has 2 atom stereocenters. The van der Waals surface area contributed by atoms with E-state index >= 15 is 0 Å². The van der Waals surface area contributed by atoms with Crippen LogP contribution >= 0.6 is 11.6 Å². The van der Waals surface area contributed by atoms with Crippen LogP contribution < -0.4 is 4.74 Å². The van der Waals surface area contributed by atoms with Crippen molar-refractivity contribution >= 4 is 11.6 Å². The number of likely N-dealkylation sites (tertiary alicyclic amines) is 1. The summed E-state index contributed by atoms with van der Waals surface area (Å²) in [4.78, 5) is 2.29. The zero-order valence-electron chi connectivity index (χ0n) is 10.7. The molecule has 2 unspecified atom stereocenters. The SMILES string of the molecule is CC1CCN(CCOc2ccccc2Cl)C1CO. The first-order chi connectivity index (χ1) is 8.72. The number of aliphatic hydroxyl groups is 1. The van der Waals surface area contributed by atoms with Gasteiger partial charge in [-0.1, -0.05) is 30.7 Å². The summed E-state index contributed by atoms with van der Waals surface area (Å²) in [6.07, 6.45) is 1.15. The van der Waals surface area contributed by atoms with Crippen LogP contribution in [0, 0.1) is 5.92 Å². The molecular formula is C14H20ClNO2. The van der Waals surface area contributed by atoms with E-state index in [1.807, 2.05) is 24.3 Å². The highest BCUT2D eigenvalue weighted by Gasteiger charge is 2.29. The van der Waals surface area contributed by atoms with Gasteiger partial charge in [-0.2, -0.15) is 0 Å². The first-order valence-electron chi connectivity index (χ1n) is 6.44. The predicted molar refractivity (Wildman–Crippen MR) is 73.2 cm³/mol. The standard InChI is InChI=1S/C14H20ClNO2/c1-11-6-7-16(13(11)10-17)8-9-18-14-5-3-2-4-12(14)15/h2-5,11,13,17H,6-10H2,1H3. The van der Waals surface area contributed by atoms with Crippen LogP contribution in [0.3, 0.4) is 0 Å². The smallest absolute Gasteiger partial charge is 0.137 e. The Balaban J connectivity index is 1.81. The fourth-order valence-electron chi connectivity index (χ4n) is 2.50. The zero-order chi connectivity index (χ0) is 13.0. The van der Waals surface area contributed by atoms with Crippen molar-refractivity contribution in [1.82, 2.24) is 4.90 Å². The quantitative estimate of drug-likeness (QED) is 0.891. The number of para-hydroxylation sites is 1. The van der Waals surface area contributed by atoms with Gasteiger partial charge in [0, 0.05) is 12.6 Å². The Morgan fingerprint density at radius 2 is 2.22 bits per heavy atom. The lowest BCUT2D eigenvalue weighted by Crippen LogP contribution is -2.37. The lowest BCUT2D eigenvalue weighted by Gasteiger charge is -2.24. The largest absolute Gasteiger partial charge is 0.491 e. The Labute approximate surface area is 113 Å². The molecule has 0 spiro atoms. The van der Waals surface area contributed by atoms with Gasteiger partial charge in [-0.05, 0) is 31.0 Å². The number of hydrogen-bond donors (Lipinski definition) is 1. The summed E-state index contributed by atoms with van der Waals surface area (Å²) in [5.74, 6) is 1.29. The van der Waals surface area contributed by atoms with Crippen molar-refractivity contribution in [1.29, 1.82) is 0 Å². The Hall–Kier alpha value is -0.770. The fourth-order valence-corrected chi connectivity index (χ4v) is 2.69. The van der Waals surface area contributed by atoms with Crippen LogP contribution in [0.4, 0.5) is 0 Å². The molecule has 1 fully saturated rings. The van der Waals surface area contributed by atoms with Gasteiger partial charge in [0.15, 0.2) is 0 Å². The summed E-state index contributed by atoms with van der Waals surface area (Å²) in [6.45, 7) is 4.90. The minimum atomic E-state index is 0.229. The molecule has 1 aliphatic heterocycles. The summed E-state index contributed by atoms with van der Waals surface area (Å²) in [7, 11) is 0. The van der Waals surface area contributed by atoms with Crippen molar-refractivity contribution in [3.8, 4) is 5.75 Å². The zero-order valence-corrected chi connectivity index (χ0v) is 11.4. The van der Waals surface area contributed by atoms with Crippen LogP contribution in [-0.2, 0) is 0 Å². The number of nitrogens with zero attached hydrogens (tertiary/aromatic N) is 1. The average Bonchev–Trinajstić information content (AvgIpc) is 2.72. The average molecular weight is 270 g/mol. The molecule has 18 heavy (non-hydrogen) atoms. The highest BCUT2D eigenvalue weighted by molar-refractivity contribution is 6.32. The van der Waals surface area contributed by atoms with Gasteiger partial charge in [0.1, 0.15) is 12.4 Å². The third-order valence-electron chi connectivity index (χ3n) is 3.66. The van der Waals surface area contributed by atoms with Crippen LogP contribution in [0.5, 0.6) is 5.75 Å². The van der Waals surface area contributed by atoms with E-state index in [-0.39, 0.29) is 12.6 Å². The van der Waals surface area contributed by atoms with E-state index in [1.54, 1.807) is 0 Å². The van der Waals surface area contributed by atoms with Crippen LogP contribution in [0.1, 0.15) is 13.3 Å². The monoisotopic (exact) mass is 269 g/mol. The maximum atomic E-state index is 9.36. The van der Waals surface area contributed by atoms with Crippen LogP contribution in [0.25, 0.3) is 0 Å². The molecule has 1 saturated heterocycles. The molecule has 1 N–H and O–H groups in total.